The van der Waals surface area contributed by atoms with Gasteiger partial charge in [-0.25, -0.2) is 8.42 Å². The maximum absolute atomic E-state index is 11.2. The second-order valence-corrected chi connectivity index (χ2v) is 6.48. The highest BCUT2D eigenvalue weighted by Gasteiger charge is 2.07. The van der Waals surface area contributed by atoms with Crippen molar-refractivity contribution in [3.63, 3.8) is 0 Å². The van der Waals surface area contributed by atoms with E-state index in [1.165, 1.54) is 0 Å². The van der Waals surface area contributed by atoms with Crippen LogP contribution in [0.2, 0.25) is 0 Å². The predicted molar refractivity (Wildman–Crippen MR) is 68.5 cm³/mol. The summed E-state index contributed by atoms with van der Waals surface area (Å²) in [5, 5.41) is 6.09. The molecule has 0 saturated heterocycles. The van der Waals surface area contributed by atoms with Crippen molar-refractivity contribution in [3.8, 4) is 0 Å². The van der Waals surface area contributed by atoms with E-state index in [0.29, 0.717) is 18.4 Å². The van der Waals surface area contributed by atoms with Crippen molar-refractivity contribution in [2.75, 3.05) is 31.6 Å². The fourth-order valence-electron chi connectivity index (χ4n) is 0.991. The summed E-state index contributed by atoms with van der Waals surface area (Å²) >= 11 is 0. The molecule has 0 rings (SSSR count). The molecule has 0 aliphatic heterocycles. The first-order valence-electron chi connectivity index (χ1n) is 5.56. The highest BCUT2D eigenvalue weighted by molar-refractivity contribution is 7.91. The average molecular weight is 249 g/mol. The van der Waals surface area contributed by atoms with Crippen LogP contribution >= 0.6 is 0 Å². The lowest BCUT2D eigenvalue weighted by atomic mass is 10.2. The smallest absolute Gasteiger partial charge is 0.191 e. The highest BCUT2D eigenvalue weighted by Crippen LogP contribution is 1.88. The Labute approximate surface area is 98.6 Å². The molecule has 0 atom stereocenters. The lowest BCUT2D eigenvalue weighted by molar-refractivity contribution is 0.594. The predicted octanol–water partition coefficient (Wildman–Crippen LogP) is 0.242. The van der Waals surface area contributed by atoms with Crippen molar-refractivity contribution in [2.24, 2.45) is 10.9 Å². The molecule has 0 spiro atoms. The van der Waals surface area contributed by atoms with Gasteiger partial charge < -0.3 is 10.6 Å². The number of aliphatic imine (C=N–C) groups is 1. The Kier molecular flexibility index (Phi) is 7.12. The van der Waals surface area contributed by atoms with Crippen LogP contribution in [0.4, 0.5) is 0 Å². The first-order chi connectivity index (χ1) is 7.41. The normalized spacial score (nSPS) is 12.9. The van der Waals surface area contributed by atoms with Crippen molar-refractivity contribution in [1.82, 2.24) is 10.6 Å². The number of nitrogens with one attached hydrogen (secondary N) is 2. The van der Waals surface area contributed by atoms with Gasteiger partial charge in [-0.05, 0) is 5.92 Å². The summed E-state index contributed by atoms with van der Waals surface area (Å²) in [5.41, 5.74) is 0. The SMILES string of the molecule is CCS(=O)(=O)CCNC(=NC)NCC(C)C. The van der Waals surface area contributed by atoms with E-state index in [1.807, 2.05) is 0 Å². The van der Waals surface area contributed by atoms with Gasteiger partial charge in [0.1, 0.15) is 0 Å². The van der Waals surface area contributed by atoms with Crippen LogP contribution in [-0.4, -0.2) is 46.0 Å². The Bertz CT molecular complexity index is 310. The summed E-state index contributed by atoms with van der Waals surface area (Å²) < 4.78 is 22.5. The van der Waals surface area contributed by atoms with E-state index in [2.05, 4.69) is 29.5 Å². The van der Waals surface area contributed by atoms with Crippen molar-refractivity contribution < 1.29 is 8.42 Å². The lowest BCUT2D eigenvalue weighted by Crippen LogP contribution is -2.41. The van der Waals surface area contributed by atoms with E-state index < -0.39 is 9.84 Å². The van der Waals surface area contributed by atoms with Gasteiger partial charge in [-0.15, -0.1) is 0 Å². The van der Waals surface area contributed by atoms with E-state index in [1.54, 1.807) is 14.0 Å². The average Bonchev–Trinajstić information content (AvgIpc) is 2.22. The van der Waals surface area contributed by atoms with Crippen molar-refractivity contribution in [3.05, 3.63) is 0 Å². The third-order valence-corrected chi connectivity index (χ3v) is 3.75. The molecule has 5 nitrogen and oxygen atoms in total. The molecule has 0 amide bonds. The monoisotopic (exact) mass is 249 g/mol. The van der Waals surface area contributed by atoms with Crippen LogP contribution in [0.5, 0.6) is 0 Å². The number of hydrogen-bond donors (Lipinski definition) is 2. The van der Waals surface area contributed by atoms with Gasteiger partial charge in [0.25, 0.3) is 0 Å². The Morgan fingerprint density at radius 3 is 2.38 bits per heavy atom. The van der Waals surface area contributed by atoms with Gasteiger partial charge in [0, 0.05) is 25.9 Å². The minimum Gasteiger partial charge on any atom is -0.356 e. The molecule has 16 heavy (non-hydrogen) atoms. The zero-order valence-electron chi connectivity index (χ0n) is 10.6. The van der Waals surface area contributed by atoms with Gasteiger partial charge in [-0.2, -0.15) is 0 Å². The molecule has 0 heterocycles. The molecule has 0 bridgehead atoms. The molecule has 6 heteroatoms. The topological polar surface area (TPSA) is 70.6 Å². The number of sulfone groups is 1. The molecule has 0 unspecified atom stereocenters. The molecule has 96 valence electrons. The molecular weight excluding hydrogens is 226 g/mol. The van der Waals surface area contributed by atoms with Crippen LogP contribution in [0.25, 0.3) is 0 Å². The van der Waals surface area contributed by atoms with Crippen LogP contribution in [-0.2, 0) is 9.84 Å². The number of guanidine groups is 1. The molecular formula is C10H23N3O2S. The van der Waals surface area contributed by atoms with Gasteiger partial charge in [0.15, 0.2) is 15.8 Å². The van der Waals surface area contributed by atoms with Crippen LogP contribution in [0, 0.1) is 5.92 Å². The Morgan fingerprint density at radius 2 is 1.94 bits per heavy atom. The Balaban J connectivity index is 3.90. The first kappa shape index (κ1) is 15.2. The minimum absolute atomic E-state index is 0.145. The summed E-state index contributed by atoms with van der Waals surface area (Å²) in [7, 11) is -1.23. The fraction of sp³-hybridized carbons (Fsp3) is 0.900. The molecule has 0 aliphatic rings. The van der Waals surface area contributed by atoms with Crippen LogP contribution in [0.3, 0.4) is 0 Å². The highest BCUT2D eigenvalue weighted by atomic mass is 32.2. The molecule has 2 N–H and O–H groups in total. The molecule has 0 aromatic heterocycles. The summed E-state index contributed by atoms with van der Waals surface area (Å²) in [6.45, 7) is 7.07. The van der Waals surface area contributed by atoms with Crippen molar-refractivity contribution in [1.29, 1.82) is 0 Å². The maximum atomic E-state index is 11.2. The molecule has 0 aliphatic carbocycles. The Hall–Kier alpha value is -0.780. The van der Waals surface area contributed by atoms with E-state index >= 15 is 0 Å². The zero-order valence-corrected chi connectivity index (χ0v) is 11.4. The third-order valence-electron chi connectivity index (χ3n) is 2.05. The van der Waals surface area contributed by atoms with E-state index in [4.69, 9.17) is 0 Å². The summed E-state index contributed by atoms with van der Waals surface area (Å²) in [6.07, 6.45) is 0. The number of nitrogens with zero attached hydrogens (tertiary/aromatic N) is 1. The van der Waals surface area contributed by atoms with Gasteiger partial charge in [0.05, 0.1) is 5.75 Å². The van der Waals surface area contributed by atoms with Crippen LogP contribution < -0.4 is 10.6 Å². The second-order valence-electron chi connectivity index (χ2n) is 4.01. The standard InChI is InChI=1S/C10H23N3O2S/c1-5-16(14,15)7-6-12-10(11-4)13-8-9(2)3/h9H,5-8H2,1-4H3,(H2,11,12,13). The molecule has 0 saturated carbocycles. The largest absolute Gasteiger partial charge is 0.356 e. The van der Waals surface area contributed by atoms with E-state index in [9.17, 15) is 8.42 Å². The van der Waals surface area contributed by atoms with Crippen molar-refractivity contribution in [2.45, 2.75) is 20.8 Å². The second kappa shape index (κ2) is 7.49. The van der Waals surface area contributed by atoms with Gasteiger partial charge in [-0.1, -0.05) is 20.8 Å². The summed E-state index contributed by atoms with van der Waals surface area (Å²) in [5.74, 6) is 1.51. The van der Waals surface area contributed by atoms with Crippen molar-refractivity contribution >= 4 is 15.8 Å². The first-order valence-corrected chi connectivity index (χ1v) is 7.38. The van der Waals surface area contributed by atoms with Crippen LogP contribution in [0.1, 0.15) is 20.8 Å². The maximum Gasteiger partial charge on any atom is 0.191 e. The molecule has 0 aromatic carbocycles. The lowest BCUT2D eigenvalue weighted by Gasteiger charge is -2.13. The molecule has 0 fully saturated rings. The number of hydrogen-bond acceptors (Lipinski definition) is 3. The Morgan fingerprint density at radius 1 is 1.31 bits per heavy atom. The van der Waals surface area contributed by atoms with E-state index in [-0.39, 0.29) is 11.5 Å². The summed E-state index contributed by atoms with van der Waals surface area (Å²) in [6, 6.07) is 0. The van der Waals surface area contributed by atoms with Gasteiger partial charge in [-0.3, -0.25) is 4.99 Å². The molecule has 0 aromatic rings. The van der Waals surface area contributed by atoms with Gasteiger partial charge >= 0.3 is 0 Å². The van der Waals surface area contributed by atoms with Crippen LogP contribution in [0.15, 0.2) is 4.99 Å². The summed E-state index contributed by atoms with van der Waals surface area (Å²) in [4.78, 5) is 4.01. The van der Waals surface area contributed by atoms with Gasteiger partial charge in [0.2, 0.25) is 0 Å². The van der Waals surface area contributed by atoms with E-state index in [0.717, 1.165) is 6.54 Å². The third kappa shape index (κ3) is 7.50. The minimum atomic E-state index is -2.90. The number of rotatable bonds is 6. The zero-order chi connectivity index (χ0) is 12.6. The molecule has 0 radical (unpaired) electrons. The quantitative estimate of drug-likeness (QED) is 0.523. The fourth-order valence-corrected chi connectivity index (χ4v) is 1.69.